The minimum atomic E-state index is -2.71. The second kappa shape index (κ2) is 12.6. The average molecular weight is 680 g/mol. The first-order chi connectivity index (χ1) is 21.6. The average Bonchev–Trinajstić information content (AvgIpc) is 3.58. The summed E-state index contributed by atoms with van der Waals surface area (Å²) in [5, 5.41) is 0. The molecule has 0 N–H and O–H groups in total. The van der Waals surface area contributed by atoms with Gasteiger partial charge in [0, 0.05) is 12.6 Å². The number of hydrogen-bond acceptors (Lipinski definition) is 6. The molecule has 8 heteroatoms. The zero-order valence-electron chi connectivity index (χ0n) is 30.5. The minimum absolute atomic E-state index is 0.103. The highest BCUT2D eigenvalue weighted by Gasteiger charge is 2.63. The molecule has 7 rings (SSSR count). The van der Waals surface area contributed by atoms with Gasteiger partial charge in [0.15, 0.2) is 12.1 Å². The van der Waals surface area contributed by atoms with Gasteiger partial charge in [-0.1, -0.05) is 53.9 Å². The van der Waals surface area contributed by atoms with Crippen LogP contribution < -0.4 is 0 Å². The molecule has 6 nitrogen and oxygen atoms in total. The second-order valence-corrected chi connectivity index (χ2v) is 21.8. The molecule has 4 aliphatic carbocycles. The van der Waals surface area contributed by atoms with Crippen LogP contribution in [0.15, 0.2) is 0 Å². The van der Waals surface area contributed by atoms with Gasteiger partial charge in [0.05, 0.1) is 6.10 Å². The summed E-state index contributed by atoms with van der Waals surface area (Å²) in [4.78, 5) is 0. The lowest BCUT2D eigenvalue weighted by Crippen LogP contribution is -2.54. The highest BCUT2D eigenvalue weighted by atomic mass is 32.5. The third-order valence-electron chi connectivity index (χ3n) is 14.7. The van der Waals surface area contributed by atoms with E-state index in [1.807, 2.05) is 13.8 Å². The van der Waals surface area contributed by atoms with Crippen LogP contribution in [-0.2, 0) is 35.1 Å². The molecule has 264 valence electrons. The maximum Gasteiger partial charge on any atom is 0.264 e. The molecule has 3 saturated heterocycles. The lowest BCUT2D eigenvalue weighted by molar-refractivity contribution is -0.217. The molecule has 7 fully saturated rings. The van der Waals surface area contributed by atoms with Crippen LogP contribution in [0.5, 0.6) is 0 Å². The molecular weight excluding hydrogens is 613 g/mol. The summed E-state index contributed by atoms with van der Waals surface area (Å²) in [5.74, 6) is 5.43. The van der Waals surface area contributed by atoms with Gasteiger partial charge in [-0.05, 0) is 150 Å². The molecule has 0 aromatic carbocycles. The Kier molecular flexibility index (Phi) is 9.52. The monoisotopic (exact) mass is 679 g/mol. The SMILES string of the molecule is CC(C)CCC[C@@H](C)[C@H]1CC[C@H]2[C@@H]3CC[C@H]4C[C@@H](O[P@@]5(=S)O[C@@H]6[C@H]7OC(C)(C)O[C@H]7O[C@@H]6CN5C(C)C)CC[C@]4(C)[C@H]3CC[C@]12C. The van der Waals surface area contributed by atoms with Crippen LogP contribution in [0.3, 0.4) is 0 Å². The Morgan fingerprint density at radius 2 is 1.59 bits per heavy atom. The molecule has 0 radical (unpaired) electrons. The maximum atomic E-state index is 7.08. The summed E-state index contributed by atoms with van der Waals surface area (Å²) in [6.45, 7) is 19.1. The molecule has 7 aliphatic rings. The molecule has 0 unspecified atom stereocenters. The van der Waals surface area contributed by atoms with Crippen molar-refractivity contribution in [1.82, 2.24) is 4.67 Å². The van der Waals surface area contributed by atoms with E-state index in [1.165, 1.54) is 64.2 Å². The fraction of sp³-hybridized carbons (Fsp3) is 1.00. The van der Waals surface area contributed by atoms with Crippen molar-refractivity contribution in [3.05, 3.63) is 0 Å². The zero-order chi connectivity index (χ0) is 32.8. The first-order valence-electron chi connectivity index (χ1n) is 19.4. The van der Waals surface area contributed by atoms with Crippen LogP contribution in [0.2, 0.25) is 0 Å². The Morgan fingerprint density at radius 3 is 2.33 bits per heavy atom. The quantitative estimate of drug-likeness (QED) is 0.237. The van der Waals surface area contributed by atoms with Crippen LogP contribution in [0.1, 0.15) is 139 Å². The van der Waals surface area contributed by atoms with Crippen LogP contribution >= 0.6 is 6.64 Å². The molecule has 14 atom stereocenters. The van der Waals surface area contributed by atoms with Crippen LogP contribution in [-0.4, -0.2) is 53.8 Å². The van der Waals surface area contributed by atoms with Crippen molar-refractivity contribution < 1.29 is 23.3 Å². The van der Waals surface area contributed by atoms with Crippen molar-refractivity contribution in [2.75, 3.05) is 6.54 Å². The molecule has 0 aromatic rings. The maximum absolute atomic E-state index is 7.08. The Bertz CT molecular complexity index is 1170. The molecule has 4 saturated carbocycles. The summed E-state index contributed by atoms with van der Waals surface area (Å²) in [6, 6.07) is 0.225. The van der Waals surface area contributed by atoms with Gasteiger partial charge < -0.3 is 23.3 Å². The van der Waals surface area contributed by atoms with Gasteiger partial charge in [0.25, 0.3) is 6.64 Å². The Labute approximate surface area is 286 Å². The summed E-state index contributed by atoms with van der Waals surface area (Å²) in [5.41, 5.74) is 0.991. The van der Waals surface area contributed by atoms with Gasteiger partial charge in [-0.3, -0.25) is 0 Å². The molecular formula is C38H66NO5PS. The van der Waals surface area contributed by atoms with Crippen molar-refractivity contribution in [3.8, 4) is 0 Å². The number of hydrogen-bond donors (Lipinski definition) is 0. The van der Waals surface area contributed by atoms with Crippen LogP contribution in [0.4, 0.5) is 0 Å². The molecule has 0 spiro atoms. The molecule has 0 bridgehead atoms. The fourth-order valence-corrected chi connectivity index (χ4v) is 16.2. The van der Waals surface area contributed by atoms with Crippen molar-refractivity contribution in [3.63, 3.8) is 0 Å². The predicted octanol–water partition coefficient (Wildman–Crippen LogP) is 9.70. The van der Waals surface area contributed by atoms with E-state index in [0.29, 0.717) is 10.8 Å². The zero-order valence-corrected chi connectivity index (χ0v) is 32.3. The van der Waals surface area contributed by atoms with Crippen molar-refractivity contribution in [1.29, 1.82) is 0 Å². The molecule has 3 aliphatic heterocycles. The number of fused-ring (bicyclic) bond motifs is 8. The Hall–Kier alpha value is 0.410. The van der Waals surface area contributed by atoms with Crippen molar-refractivity contribution in [2.45, 2.75) is 182 Å². The standard InChI is InChI=1S/C38H66NO5PS/c1-23(2)11-10-12-25(5)29-15-16-30-28-14-13-26-21-27(17-19-37(26,8)31(28)18-20-38(29,30)9)43-45(46)39(24(3)4)22-32-33(44-45)34-35(40-32)42-36(6,7)41-34/h23-35H,10-22H2,1-9H3/t25-,26+,27+,28+,29-,30+,31+,32-,33+,34-,35-,37+,38-,45-/m1/s1. The van der Waals surface area contributed by atoms with Crippen molar-refractivity contribution in [2.24, 2.45) is 52.3 Å². The van der Waals surface area contributed by atoms with E-state index >= 15 is 0 Å². The first kappa shape index (κ1) is 34.8. The topological polar surface area (TPSA) is 49.4 Å². The fourth-order valence-electron chi connectivity index (χ4n) is 12.4. The molecule has 46 heavy (non-hydrogen) atoms. The number of rotatable bonds is 8. The van der Waals surface area contributed by atoms with Gasteiger partial charge >= 0.3 is 0 Å². The summed E-state index contributed by atoms with van der Waals surface area (Å²) in [7, 11) is 0. The lowest BCUT2D eigenvalue weighted by atomic mass is 9.44. The second-order valence-electron chi connectivity index (χ2n) is 18.6. The van der Waals surface area contributed by atoms with Gasteiger partial charge in [-0.15, -0.1) is 0 Å². The van der Waals surface area contributed by atoms with E-state index < -0.39 is 18.7 Å². The van der Waals surface area contributed by atoms with Gasteiger partial charge in [0.1, 0.15) is 18.3 Å². The van der Waals surface area contributed by atoms with Gasteiger partial charge in [-0.2, -0.15) is 0 Å². The first-order valence-corrected chi connectivity index (χ1v) is 22.0. The predicted molar refractivity (Wildman–Crippen MR) is 188 cm³/mol. The summed E-state index contributed by atoms with van der Waals surface area (Å²) in [6.07, 6.45) is 15.6. The normalized spacial score (nSPS) is 50.6. The van der Waals surface area contributed by atoms with E-state index in [9.17, 15) is 0 Å². The van der Waals surface area contributed by atoms with Crippen LogP contribution in [0.25, 0.3) is 0 Å². The van der Waals surface area contributed by atoms with Crippen LogP contribution in [0, 0.1) is 52.3 Å². The van der Waals surface area contributed by atoms with Gasteiger partial charge in [-0.25, -0.2) is 4.67 Å². The minimum Gasteiger partial charge on any atom is -0.342 e. The molecule has 3 heterocycles. The Balaban J connectivity index is 1.01. The highest BCUT2D eigenvalue weighted by molar-refractivity contribution is 8.08. The van der Waals surface area contributed by atoms with E-state index in [4.69, 9.17) is 35.1 Å². The van der Waals surface area contributed by atoms with E-state index in [0.717, 1.165) is 60.8 Å². The van der Waals surface area contributed by atoms with E-state index in [1.54, 1.807) is 0 Å². The number of nitrogens with zero attached hydrogens (tertiary/aromatic N) is 1. The van der Waals surface area contributed by atoms with E-state index in [2.05, 4.69) is 53.1 Å². The summed E-state index contributed by atoms with van der Waals surface area (Å²) < 4.78 is 34.9. The summed E-state index contributed by atoms with van der Waals surface area (Å²) >= 11 is 6.42. The smallest absolute Gasteiger partial charge is 0.264 e. The molecule has 0 aromatic heterocycles. The number of ether oxygens (including phenoxy) is 3. The molecule has 0 amide bonds. The highest BCUT2D eigenvalue weighted by Crippen LogP contribution is 2.69. The Morgan fingerprint density at radius 1 is 0.848 bits per heavy atom. The third kappa shape index (κ3) is 5.97. The largest absolute Gasteiger partial charge is 0.342 e. The van der Waals surface area contributed by atoms with Gasteiger partial charge in [0.2, 0.25) is 0 Å². The van der Waals surface area contributed by atoms with E-state index in [-0.39, 0.29) is 30.5 Å². The van der Waals surface area contributed by atoms with Crippen molar-refractivity contribution >= 4 is 18.4 Å². The lowest BCUT2D eigenvalue weighted by Gasteiger charge is -2.61. The third-order valence-corrected chi connectivity index (χ3v) is 18.2.